The van der Waals surface area contributed by atoms with Crippen LogP contribution in [0.25, 0.3) is 0 Å². The topological polar surface area (TPSA) is 83.6 Å². The molecule has 0 spiro atoms. The Morgan fingerprint density at radius 2 is 1.25 bits per heavy atom. The van der Waals surface area contributed by atoms with Crippen LogP contribution in [0.15, 0.2) is 58.3 Å². The fourth-order valence-corrected chi connectivity index (χ4v) is 5.27. The first-order valence-corrected chi connectivity index (χ1v) is 12.1. The average Bonchev–Trinajstić information content (AvgIpc) is 2.62. The number of rotatable bonds is 7. The van der Waals surface area contributed by atoms with E-state index in [0.29, 0.717) is 18.8 Å². The summed E-state index contributed by atoms with van der Waals surface area (Å²) in [5.41, 5.74) is 1.53. The molecular formula is C20H28N2O4S2. The van der Waals surface area contributed by atoms with E-state index in [4.69, 9.17) is 0 Å². The van der Waals surface area contributed by atoms with Crippen LogP contribution in [0, 0.1) is 0 Å². The van der Waals surface area contributed by atoms with Gasteiger partial charge in [-0.2, -0.15) is 4.31 Å². The molecule has 0 unspecified atom stereocenters. The van der Waals surface area contributed by atoms with E-state index in [2.05, 4.69) is 25.5 Å². The maximum Gasteiger partial charge on any atom is 0.261 e. The van der Waals surface area contributed by atoms with Crippen LogP contribution >= 0.6 is 0 Å². The van der Waals surface area contributed by atoms with Gasteiger partial charge >= 0.3 is 0 Å². The van der Waals surface area contributed by atoms with E-state index in [1.165, 1.54) is 28.6 Å². The van der Waals surface area contributed by atoms with Gasteiger partial charge in [0.1, 0.15) is 0 Å². The second-order valence-electron chi connectivity index (χ2n) is 7.49. The van der Waals surface area contributed by atoms with Gasteiger partial charge in [-0.1, -0.05) is 46.8 Å². The summed E-state index contributed by atoms with van der Waals surface area (Å²) < 4.78 is 54.1. The highest BCUT2D eigenvalue weighted by molar-refractivity contribution is 7.92. The predicted octanol–water partition coefficient (Wildman–Crippen LogP) is 3.82. The van der Waals surface area contributed by atoms with Gasteiger partial charge in [-0.05, 0) is 47.4 Å². The molecule has 2 rings (SSSR count). The molecule has 6 nitrogen and oxygen atoms in total. The summed E-state index contributed by atoms with van der Waals surface area (Å²) in [5, 5.41) is 0. The summed E-state index contributed by atoms with van der Waals surface area (Å²) in [6, 6.07) is 12.5. The fourth-order valence-electron chi connectivity index (χ4n) is 2.76. The van der Waals surface area contributed by atoms with Crippen molar-refractivity contribution in [2.45, 2.75) is 49.8 Å². The molecule has 0 radical (unpaired) electrons. The average molecular weight is 425 g/mol. The highest BCUT2D eigenvalue weighted by Crippen LogP contribution is 2.25. The number of sulfonamides is 2. The molecule has 28 heavy (non-hydrogen) atoms. The lowest BCUT2D eigenvalue weighted by atomic mass is 9.87. The number of nitrogens with zero attached hydrogens (tertiary/aromatic N) is 1. The summed E-state index contributed by atoms with van der Waals surface area (Å²) >= 11 is 0. The van der Waals surface area contributed by atoms with Gasteiger partial charge in [0, 0.05) is 18.8 Å². The van der Waals surface area contributed by atoms with Crippen molar-refractivity contribution in [2.24, 2.45) is 0 Å². The van der Waals surface area contributed by atoms with Crippen LogP contribution in [0.3, 0.4) is 0 Å². The van der Waals surface area contributed by atoms with E-state index >= 15 is 0 Å². The third kappa shape index (κ3) is 4.92. The SMILES string of the molecule is CCN(CC)S(=O)(=O)c1ccc(S(=O)(=O)Nc2ccc(C(C)(C)C)cc2)cc1. The summed E-state index contributed by atoms with van der Waals surface area (Å²) in [4.78, 5) is 0.0792. The molecule has 0 atom stereocenters. The van der Waals surface area contributed by atoms with Crippen molar-refractivity contribution < 1.29 is 16.8 Å². The maximum atomic E-state index is 12.6. The van der Waals surface area contributed by atoms with Crippen LogP contribution in [-0.4, -0.2) is 34.2 Å². The summed E-state index contributed by atoms with van der Waals surface area (Å²) in [5.74, 6) is 0. The van der Waals surface area contributed by atoms with Gasteiger partial charge in [0.25, 0.3) is 10.0 Å². The molecule has 0 saturated heterocycles. The van der Waals surface area contributed by atoms with Crippen molar-refractivity contribution in [3.8, 4) is 0 Å². The minimum absolute atomic E-state index is 0.00546. The minimum Gasteiger partial charge on any atom is -0.280 e. The van der Waals surface area contributed by atoms with Gasteiger partial charge in [0.15, 0.2) is 0 Å². The van der Waals surface area contributed by atoms with Crippen molar-refractivity contribution in [3.05, 3.63) is 54.1 Å². The van der Waals surface area contributed by atoms with E-state index in [-0.39, 0.29) is 15.2 Å². The van der Waals surface area contributed by atoms with Crippen molar-refractivity contribution in [1.29, 1.82) is 0 Å². The molecule has 0 bridgehead atoms. The van der Waals surface area contributed by atoms with Crippen LogP contribution in [0.1, 0.15) is 40.2 Å². The molecule has 0 aliphatic heterocycles. The quantitative estimate of drug-likeness (QED) is 0.732. The van der Waals surface area contributed by atoms with Gasteiger partial charge in [0.2, 0.25) is 10.0 Å². The van der Waals surface area contributed by atoms with Crippen LogP contribution in [-0.2, 0) is 25.5 Å². The molecule has 0 saturated carbocycles. The molecule has 2 aromatic carbocycles. The normalized spacial score (nSPS) is 12.9. The molecule has 2 aromatic rings. The molecule has 154 valence electrons. The Morgan fingerprint density at radius 1 is 0.786 bits per heavy atom. The zero-order valence-electron chi connectivity index (χ0n) is 16.9. The van der Waals surface area contributed by atoms with E-state index < -0.39 is 20.0 Å². The maximum absolute atomic E-state index is 12.6. The number of hydrogen-bond acceptors (Lipinski definition) is 4. The van der Waals surface area contributed by atoms with Gasteiger partial charge in [-0.15, -0.1) is 0 Å². The number of anilines is 1. The monoisotopic (exact) mass is 424 g/mol. The first kappa shape index (κ1) is 22.4. The summed E-state index contributed by atoms with van der Waals surface area (Å²) in [7, 11) is -7.44. The molecule has 8 heteroatoms. The first-order valence-electron chi connectivity index (χ1n) is 9.15. The number of hydrogen-bond donors (Lipinski definition) is 1. The lowest BCUT2D eigenvalue weighted by Gasteiger charge is -2.19. The highest BCUT2D eigenvalue weighted by atomic mass is 32.2. The molecule has 0 aliphatic carbocycles. The van der Waals surface area contributed by atoms with Crippen molar-refractivity contribution in [2.75, 3.05) is 17.8 Å². The molecular weight excluding hydrogens is 396 g/mol. The minimum atomic E-state index is -3.81. The van der Waals surface area contributed by atoms with Gasteiger partial charge in [-0.3, -0.25) is 4.72 Å². The first-order chi connectivity index (χ1) is 12.9. The predicted molar refractivity (Wildman–Crippen MR) is 112 cm³/mol. The van der Waals surface area contributed by atoms with Crippen LogP contribution in [0.5, 0.6) is 0 Å². The third-order valence-electron chi connectivity index (χ3n) is 4.48. The lowest BCUT2D eigenvalue weighted by Crippen LogP contribution is -2.30. The Hall–Kier alpha value is -1.90. The smallest absolute Gasteiger partial charge is 0.261 e. The van der Waals surface area contributed by atoms with E-state index in [0.717, 1.165) is 5.56 Å². The van der Waals surface area contributed by atoms with Crippen molar-refractivity contribution >= 4 is 25.7 Å². The van der Waals surface area contributed by atoms with Crippen LogP contribution < -0.4 is 4.72 Å². The lowest BCUT2D eigenvalue weighted by molar-refractivity contribution is 0.445. The van der Waals surface area contributed by atoms with E-state index in [1.807, 2.05) is 12.1 Å². The van der Waals surface area contributed by atoms with Crippen LogP contribution in [0.4, 0.5) is 5.69 Å². The molecule has 1 N–H and O–H groups in total. The van der Waals surface area contributed by atoms with Gasteiger partial charge in [0.05, 0.1) is 9.79 Å². The summed E-state index contributed by atoms with van der Waals surface area (Å²) in [6.07, 6.45) is 0. The van der Waals surface area contributed by atoms with E-state index in [1.54, 1.807) is 26.0 Å². The second-order valence-corrected chi connectivity index (χ2v) is 11.1. The zero-order valence-corrected chi connectivity index (χ0v) is 18.6. The van der Waals surface area contributed by atoms with Crippen molar-refractivity contribution in [3.63, 3.8) is 0 Å². The van der Waals surface area contributed by atoms with Crippen LogP contribution in [0.2, 0.25) is 0 Å². The number of nitrogens with one attached hydrogen (secondary N) is 1. The Morgan fingerprint density at radius 3 is 1.68 bits per heavy atom. The number of benzene rings is 2. The Balaban J connectivity index is 2.25. The Labute approximate surface area is 168 Å². The standard InChI is InChI=1S/C20H28N2O4S2/c1-6-22(7-2)28(25,26)19-14-12-18(13-15-19)27(23,24)21-17-10-8-16(9-11-17)20(3,4)5/h8-15,21H,6-7H2,1-5H3. The highest BCUT2D eigenvalue weighted by Gasteiger charge is 2.23. The second kappa shape index (κ2) is 8.23. The van der Waals surface area contributed by atoms with Crippen molar-refractivity contribution in [1.82, 2.24) is 4.31 Å². The largest absolute Gasteiger partial charge is 0.280 e. The fraction of sp³-hybridized carbons (Fsp3) is 0.400. The summed E-state index contributed by atoms with van der Waals surface area (Å²) in [6.45, 7) is 10.5. The Bertz CT molecular complexity index is 1000. The van der Waals surface area contributed by atoms with E-state index in [9.17, 15) is 16.8 Å². The molecule has 0 amide bonds. The van der Waals surface area contributed by atoms with Gasteiger partial charge in [-0.25, -0.2) is 16.8 Å². The molecule has 0 heterocycles. The Kier molecular flexibility index (Phi) is 6.58. The van der Waals surface area contributed by atoms with Gasteiger partial charge < -0.3 is 0 Å². The zero-order chi connectivity index (χ0) is 21.2. The molecule has 0 aliphatic rings. The third-order valence-corrected chi connectivity index (χ3v) is 7.94. The molecule has 0 aromatic heterocycles. The molecule has 0 fully saturated rings.